The fourth-order valence-corrected chi connectivity index (χ4v) is 2.04. The number of nitrogens with zero attached hydrogens (tertiary/aromatic N) is 2. The lowest BCUT2D eigenvalue weighted by molar-refractivity contribution is 0.0752. The van der Waals surface area contributed by atoms with Crippen molar-refractivity contribution in [1.82, 2.24) is 9.88 Å². The zero-order valence-corrected chi connectivity index (χ0v) is 12.8. The number of amides is 1. The second-order valence-electron chi connectivity index (χ2n) is 4.54. The van der Waals surface area contributed by atoms with Crippen molar-refractivity contribution >= 4 is 18.3 Å². The molecule has 2 N–H and O–H groups in total. The summed E-state index contributed by atoms with van der Waals surface area (Å²) in [5.41, 5.74) is 8.05. The van der Waals surface area contributed by atoms with Crippen molar-refractivity contribution < 1.29 is 4.79 Å². The summed E-state index contributed by atoms with van der Waals surface area (Å²) in [4.78, 5) is 18.4. The van der Waals surface area contributed by atoms with E-state index in [1.165, 1.54) is 0 Å². The van der Waals surface area contributed by atoms with Crippen LogP contribution in [-0.4, -0.2) is 22.3 Å². The summed E-state index contributed by atoms with van der Waals surface area (Å²) in [7, 11) is 0. The van der Waals surface area contributed by atoms with E-state index in [9.17, 15) is 4.79 Å². The van der Waals surface area contributed by atoms with E-state index in [-0.39, 0.29) is 18.3 Å². The van der Waals surface area contributed by atoms with Crippen LogP contribution in [0.25, 0.3) is 0 Å². The zero-order valence-electron chi connectivity index (χ0n) is 12.0. The smallest absolute Gasteiger partial charge is 0.254 e. The first-order chi connectivity index (χ1) is 9.74. The fourth-order valence-electron chi connectivity index (χ4n) is 2.04. The topological polar surface area (TPSA) is 59.2 Å². The van der Waals surface area contributed by atoms with Crippen LogP contribution in [-0.2, 0) is 13.1 Å². The van der Waals surface area contributed by atoms with Gasteiger partial charge in [0.15, 0.2) is 0 Å². The lowest BCUT2D eigenvalue weighted by Crippen LogP contribution is -2.30. The van der Waals surface area contributed by atoms with E-state index >= 15 is 0 Å². The predicted octanol–water partition coefficient (Wildman–Crippen LogP) is 2.62. The predicted molar refractivity (Wildman–Crippen MR) is 86.2 cm³/mol. The van der Waals surface area contributed by atoms with Gasteiger partial charge in [0, 0.05) is 31.4 Å². The largest absolute Gasteiger partial charge is 0.335 e. The molecule has 1 aromatic carbocycles. The molecule has 2 aromatic rings. The van der Waals surface area contributed by atoms with E-state index in [0.29, 0.717) is 25.2 Å². The van der Waals surface area contributed by atoms with Crippen LogP contribution in [0.4, 0.5) is 0 Å². The summed E-state index contributed by atoms with van der Waals surface area (Å²) < 4.78 is 0. The molecule has 0 aliphatic carbocycles. The Bertz CT molecular complexity index is 575. The minimum absolute atomic E-state index is 0. The summed E-state index contributed by atoms with van der Waals surface area (Å²) in [6.07, 6.45) is 1.63. The highest BCUT2D eigenvalue weighted by atomic mass is 35.5. The van der Waals surface area contributed by atoms with Crippen molar-refractivity contribution in [1.29, 1.82) is 0 Å². The van der Waals surface area contributed by atoms with E-state index in [4.69, 9.17) is 5.73 Å². The molecule has 1 amide bonds. The average molecular weight is 306 g/mol. The Labute approximate surface area is 131 Å². The molecule has 0 fully saturated rings. The number of nitrogens with two attached hydrogens (primary N) is 1. The highest BCUT2D eigenvalue weighted by molar-refractivity contribution is 5.94. The molecule has 0 unspecified atom stereocenters. The molecule has 112 valence electrons. The van der Waals surface area contributed by atoms with Gasteiger partial charge in [-0.3, -0.25) is 9.78 Å². The number of hydrogen-bond donors (Lipinski definition) is 1. The Kier molecular flexibility index (Phi) is 6.85. The summed E-state index contributed by atoms with van der Waals surface area (Å²) >= 11 is 0. The Morgan fingerprint density at radius 2 is 1.95 bits per heavy atom. The van der Waals surface area contributed by atoms with Crippen LogP contribution in [0.15, 0.2) is 48.7 Å². The van der Waals surface area contributed by atoms with E-state index in [0.717, 1.165) is 11.3 Å². The molecule has 1 aromatic heterocycles. The zero-order chi connectivity index (χ0) is 14.4. The highest BCUT2D eigenvalue weighted by Gasteiger charge is 2.14. The van der Waals surface area contributed by atoms with Gasteiger partial charge < -0.3 is 10.6 Å². The summed E-state index contributed by atoms with van der Waals surface area (Å²) in [5.74, 6) is 0.00783. The third kappa shape index (κ3) is 4.55. The lowest BCUT2D eigenvalue weighted by atomic mass is 10.1. The maximum Gasteiger partial charge on any atom is 0.254 e. The third-order valence-electron chi connectivity index (χ3n) is 3.16. The van der Waals surface area contributed by atoms with Gasteiger partial charge in [0.05, 0.1) is 5.69 Å². The van der Waals surface area contributed by atoms with Crippen LogP contribution in [0.2, 0.25) is 0 Å². The SMILES string of the molecule is CCN(Cc1ccccc1)C(=O)c1ccnc(CN)c1.Cl. The molecule has 0 radical (unpaired) electrons. The summed E-state index contributed by atoms with van der Waals surface area (Å²) in [6.45, 7) is 3.59. The second-order valence-corrected chi connectivity index (χ2v) is 4.54. The van der Waals surface area contributed by atoms with E-state index in [2.05, 4.69) is 4.98 Å². The van der Waals surface area contributed by atoms with E-state index in [1.54, 1.807) is 18.3 Å². The minimum Gasteiger partial charge on any atom is -0.335 e. The Balaban J connectivity index is 0.00000220. The number of halogens is 1. The van der Waals surface area contributed by atoms with Crippen LogP contribution in [0.5, 0.6) is 0 Å². The van der Waals surface area contributed by atoms with Crippen LogP contribution >= 0.6 is 12.4 Å². The number of benzene rings is 1. The monoisotopic (exact) mass is 305 g/mol. The Morgan fingerprint density at radius 3 is 2.57 bits per heavy atom. The summed E-state index contributed by atoms with van der Waals surface area (Å²) in [6, 6.07) is 13.5. The first-order valence-electron chi connectivity index (χ1n) is 6.72. The first-order valence-corrected chi connectivity index (χ1v) is 6.72. The van der Waals surface area contributed by atoms with Crippen molar-refractivity contribution in [2.24, 2.45) is 5.73 Å². The Hall–Kier alpha value is -1.91. The standard InChI is InChI=1S/C16H19N3O.ClH/c1-2-19(12-13-6-4-3-5-7-13)16(20)14-8-9-18-15(10-14)11-17;/h3-10H,2,11-12,17H2,1H3;1H. The quantitative estimate of drug-likeness (QED) is 0.924. The minimum atomic E-state index is 0. The van der Waals surface area contributed by atoms with Crippen molar-refractivity contribution in [3.05, 3.63) is 65.5 Å². The number of carbonyl (C=O) groups excluding carboxylic acids is 1. The van der Waals surface area contributed by atoms with Gasteiger partial charge in [-0.25, -0.2) is 0 Å². The lowest BCUT2D eigenvalue weighted by Gasteiger charge is -2.21. The van der Waals surface area contributed by atoms with E-state index < -0.39 is 0 Å². The summed E-state index contributed by atoms with van der Waals surface area (Å²) in [5, 5.41) is 0. The molecule has 5 heteroatoms. The molecule has 0 aliphatic heterocycles. The third-order valence-corrected chi connectivity index (χ3v) is 3.16. The van der Waals surface area contributed by atoms with Crippen LogP contribution < -0.4 is 5.73 Å². The molecule has 21 heavy (non-hydrogen) atoms. The molecule has 1 heterocycles. The maximum absolute atomic E-state index is 12.5. The van der Waals surface area contributed by atoms with Gasteiger partial charge in [-0.1, -0.05) is 30.3 Å². The van der Waals surface area contributed by atoms with Gasteiger partial charge in [0.25, 0.3) is 5.91 Å². The van der Waals surface area contributed by atoms with E-state index in [1.807, 2.05) is 42.2 Å². The first kappa shape index (κ1) is 17.1. The van der Waals surface area contributed by atoms with Crippen LogP contribution in [0, 0.1) is 0 Å². The normalized spacial score (nSPS) is 9.81. The van der Waals surface area contributed by atoms with Crippen molar-refractivity contribution in [2.75, 3.05) is 6.54 Å². The van der Waals surface area contributed by atoms with Gasteiger partial charge in [0.1, 0.15) is 0 Å². The molecule has 2 rings (SSSR count). The fraction of sp³-hybridized carbons (Fsp3) is 0.250. The van der Waals surface area contributed by atoms with Gasteiger partial charge in [0.2, 0.25) is 0 Å². The molecular weight excluding hydrogens is 286 g/mol. The number of rotatable bonds is 5. The number of carbonyl (C=O) groups is 1. The van der Waals surface area contributed by atoms with Crippen molar-refractivity contribution in [3.8, 4) is 0 Å². The second kappa shape index (κ2) is 8.39. The molecule has 0 atom stereocenters. The van der Waals surface area contributed by atoms with Gasteiger partial charge >= 0.3 is 0 Å². The van der Waals surface area contributed by atoms with Gasteiger partial charge in [-0.05, 0) is 24.6 Å². The van der Waals surface area contributed by atoms with Crippen molar-refractivity contribution in [3.63, 3.8) is 0 Å². The highest BCUT2D eigenvalue weighted by Crippen LogP contribution is 2.10. The molecule has 0 saturated carbocycles. The average Bonchev–Trinajstić information content (AvgIpc) is 2.53. The van der Waals surface area contributed by atoms with Crippen LogP contribution in [0.3, 0.4) is 0 Å². The molecular formula is C16H20ClN3O. The molecule has 0 aliphatic rings. The van der Waals surface area contributed by atoms with Crippen molar-refractivity contribution in [2.45, 2.75) is 20.0 Å². The molecule has 0 spiro atoms. The number of aromatic nitrogens is 1. The molecule has 4 nitrogen and oxygen atoms in total. The van der Waals surface area contributed by atoms with Crippen LogP contribution in [0.1, 0.15) is 28.5 Å². The molecule has 0 bridgehead atoms. The van der Waals surface area contributed by atoms with Gasteiger partial charge in [-0.15, -0.1) is 12.4 Å². The number of pyridine rings is 1. The van der Waals surface area contributed by atoms with Gasteiger partial charge in [-0.2, -0.15) is 0 Å². The Morgan fingerprint density at radius 1 is 1.24 bits per heavy atom. The molecule has 0 saturated heterocycles. The number of hydrogen-bond acceptors (Lipinski definition) is 3. The maximum atomic E-state index is 12.5.